The molecule has 2 aromatic carbocycles. The van der Waals surface area contributed by atoms with Crippen molar-refractivity contribution in [2.75, 3.05) is 13.1 Å². The zero-order valence-corrected chi connectivity index (χ0v) is 12.5. The molecular formula is C18H17FN2O2. The van der Waals surface area contributed by atoms with Crippen LogP contribution in [-0.2, 0) is 16.0 Å². The van der Waals surface area contributed by atoms with E-state index in [0.29, 0.717) is 13.1 Å². The lowest BCUT2D eigenvalue weighted by Crippen LogP contribution is -2.52. The van der Waals surface area contributed by atoms with E-state index in [-0.39, 0.29) is 23.8 Å². The Labute approximate surface area is 133 Å². The van der Waals surface area contributed by atoms with Gasteiger partial charge in [0.05, 0.1) is 6.42 Å². The van der Waals surface area contributed by atoms with E-state index in [0.717, 1.165) is 5.56 Å². The second kappa shape index (κ2) is 6.60. The predicted octanol–water partition coefficient (Wildman–Crippen LogP) is 2.07. The molecule has 0 radical (unpaired) electrons. The molecule has 1 aliphatic heterocycles. The van der Waals surface area contributed by atoms with Crippen molar-refractivity contribution in [1.29, 1.82) is 0 Å². The molecule has 0 spiro atoms. The van der Waals surface area contributed by atoms with Crippen LogP contribution >= 0.6 is 0 Å². The van der Waals surface area contributed by atoms with Crippen molar-refractivity contribution in [3.63, 3.8) is 0 Å². The highest BCUT2D eigenvalue weighted by atomic mass is 19.1. The van der Waals surface area contributed by atoms with E-state index in [1.54, 1.807) is 18.2 Å². The Hall–Kier alpha value is -2.69. The van der Waals surface area contributed by atoms with Gasteiger partial charge in [0.15, 0.2) is 0 Å². The molecule has 1 N–H and O–H groups in total. The molecule has 1 aliphatic rings. The summed E-state index contributed by atoms with van der Waals surface area (Å²) in [6, 6.07) is 14.5. The predicted molar refractivity (Wildman–Crippen MR) is 84.0 cm³/mol. The van der Waals surface area contributed by atoms with Gasteiger partial charge in [0.2, 0.25) is 11.8 Å². The largest absolute Gasteiger partial charge is 0.352 e. The monoisotopic (exact) mass is 312 g/mol. The summed E-state index contributed by atoms with van der Waals surface area (Å²) in [7, 11) is 0. The molecule has 1 saturated heterocycles. The van der Waals surface area contributed by atoms with E-state index in [9.17, 15) is 14.0 Å². The van der Waals surface area contributed by atoms with E-state index in [1.807, 2.05) is 30.3 Å². The fourth-order valence-electron chi connectivity index (χ4n) is 2.81. The quantitative estimate of drug-likeness (QED) is 0.943. The van der Waals surface area contributed by atoms with Crippen LogP contribution in [0.5, 0.6) is 0 Å². The minimum Gasteiger partial charge on any atom is -0.352 e. The first-order chi connectivity index (χ1) is 11.2. The van der Waals surface area contributed by atoms with Gasteiger partial charge in [0, 0.05) is 18.7 Å². The number of amides is 2. The van der Waals surface area contributed by atoms with Gasteiger partial charge in [0.1, 0.15) is 11.9 Å². The van der Waals surface area contributed by atoms with E-state index in [4.69, 9.17) is 0 Å². The lowest BCUT2D eigenvalue weighted by atomic mass is 10.0. The lowest BCUT2D eigenvalue weighted by molar-refractivity contribution is -0.143. The Morgan fingerprint density at radius 2 is 1.83 bits per heavy atom. The minimum absolute atomic E-state index is 0.181. The standard InChI is InChI=1S/C18H17FN2O2/c19-15-9-5-4-8-14(15)17-18(23)20-10-11-21(17)16(22)12-13-6-2-1-3-7-13/h1-9,17H,10-12H2,(H,20,23). The van der Waals surface area contributed by atoms with Gasteiger partial charge >= 0.3 is 0 Å². The Morgan fingerprint density at radius 1 is 1.13 bits per heavy atom. The van der Waals surface area contributed by atoms with Gasteiger partial charge in [-0.25, -0.2) is 4.39 Å². The number of carbonyl (C=O) groups is 2. The van der Waals surface area contributed by atoms with E-state index in [2.05, 4.69) is 5.32 Å². The number of piperazine rings is 1. The van der Waals surface area contributed by atoms with Gasteiger partial charge in [0.25, 0.3) is 0 Å². The summed E-state index contributed by atoms with van der Waals surface area (Å²) in [5.41, 5.74) is 1.10. The Kier molecular flexibility index (Phi) is 4.37. The molecule has 1 atom stereocenters. The Bertz CT molecular complexity index is 718. The van der Waals surface area contributed by atoms with Crippen molar-refractivity contribution in [1.82, 2.24) is 10.2 Å². The molecule has 1 fully saturated rings. The number of hydrogen-bond donors (Lipinski definition) is 1. The van der Waals surface area contributed by atoms with Crippen LogP contribution in [0.3, 0.4) is 0 Å². The Balaban J connectivity index is 1.88. The SMILES string of the molecule is O=C1NCCN(C(=O)Cc2ccccc2)C1c1ccccc1F. The first-order valence-electron chi connectivity index (χ1n) is 7.52. The maximum Gasteiger partial charge on any atom is 0.247 e. The van der Waals surface area contributed by atoms with E-state index in [1.165, 1.54) is 11.0 Å². The number of nitrogens with one attached hydrogen (secondary N) is 1. The molecular weight excluding hydrogens is 295 g/mol. The molecule has 3 rings (SSSR count). The molecule has 4 nitrogen and oxygen atoms in total. The third kappa shape index (κ3) is 3.23. The maximum absolute atomic E-state index is 14.1. The number of halogens is 1. The summed E-state index contributed by atoms with van der Waals surface area (Å²) >= 11 is 0. The summed E-state index contributed by atoms with van der Waals surface area (Å²) in [4.78, 5) is 26.3. The van der Waals surface area contributed by atoms with Crippen LogP contribution in [0.15, 0.2) is 54.6 Å². The van der Waals surface area contributed by atoms with Gasteiger partial charge < -0.3 is 10.2 Å². The van der Waals surface area contributed by atoms with Crippen molar-refractivity contribution < 1.29 is 14.0 Å². The summed E-state index contributed by atoms with van der Waals surface area (Å²) in [5.74, 6) is -1.01. The van der Waals surface area contributed by atoms with Crippen LogP contribution < -0.4 is 5.32 Å². The van der Waals surface area contributed by atoms with Crippen LogP contribution in [-0.4, -0.2) is 29.8 Å². The minimum atomic E-state index is -0.916. The fraction of sp³-hybridized carbons (Fsp3) is 0.222. The zero-order chi connectivity index (χ0) is 16.2. The van der Waals surface area contributed by atoms with Gasteiger partial charge in [-0.05, 0) is 11.6 Å². The molecule has 0 aromatic heterocycles. The second-order valence-corrected chi connectivity index (χ2v) is 5.46. The van der Waals surface area contributed by atoms with Crippen LogP contribution in [0.25, 0.3) is 0 Å². The molecule has 2 amide bonds. The first kappa shape index (κ1) is 15.2. The lowest BCUT2D eigenvalue weighted by Gasteiger charge is -2.35. The third-order valence-corrected chi connectivity index (χ3v) is 3.93. The third-order valence-electron chi connectivity index (χ3n) is 3.93. The van der Waals surface area contributed by atoms with Crippen LogP contribution in [0, 0.1) is 5.82 Å². The number of carbonyl (C=O) groups excluding carboxylic acids is 2. The topological polar surface area (TPSA) is 49.4 Å². The number of benzene rings is 2. The second-order valence-electron chi connectivity index (χ2n) is 5.46. The van der Waals surface area contributed by atoms with Crippen LogP contribution in [0.1, 0.15) is 17.2 Å². The van der Waals surface area contributed by atoms with E-state index >= 15 is 0 Å². The van der Waals surface area contributed by atoms with Gasteiger partial charge in [-0.3, -0.25) is 9.59 Å². The van der Waals surface area contributed by atoms with Crippen molar-refractivity contribution in [2.45, 2.75) is 12.5 Å². The number of hydrogen-bond acceptors (Lipinski definition) is 2. The van der Waals surface area contributed by atoms with Crippen molar-refractivity contribution in [3.05, 3.63) is 71.5 Å². The molecule has 0 aliphatic carbocycles. The fourth-order valence-corrected chi connectivity index (χ4v) is 2.81. The van der Waals surface area contributed by atoms with Gasteiger partial charge in [-0.1, -0.05) is 48.5 Å². The van der Waals surface area contributed by atoms with Gasteiger partial charge in [-0.2, -0.15) is 0 Å². The summed E-state index contributed by atoms with van der Waals surface area (Å²) < 4.78 is 14.1. The molecule has 5 heteroatoms. The average Bonchev–Trinajstić information content (AvgIpc) is 2.56. The number of rotatable bonds is 3. The average molecular weight is 312 g/mol. The highest BCUT2D eigenvalue weighted by Crippen LogP contribution is 2.26. The normalized spacial score (nSPS) is 17.7. The summed E-state index contributed by atoms with van der Waals surface area (Å²) in [6.45, 7) is 0.751. The van der Waals surface area contributed by atoms with Crippen molar-refractivity contribution in [2.24, 2.45) is 0 Å². The van der Waals surface area contributed by atoms with Crippen molar-refractivity contribution in [3.8, 4) is 0 Å². The highest BCUT2D eigenvalue weighted by molar-refractivity contribution is 5.90. The molecule has 118 valence electrons. The molecule has 0 bridgehead atoms. The maximum atomic E-state index is 14.1. The number of nitrogens with zero attached hydrogens (tertiary/aromatic N) is 1. The molecule has 1 heterocycles. The first-order valence-corrected chi connectivity index (χ1v) is 7.52. The Morgan fingerprint density at radius 3 is 2.57 bits per heavy atom. The van der Waals surface area contributed by atoms with Crippen LogP contribution in [0.2, 0.25) is 0 Å². The highest BCUT2D eigenvalue weighted by Gasteiger charge is 2.35. The smallest absolute Gasteiger partial charge is 0.247 e. The molecule has 2 aromatic rings. The summed E-state index contributed by atoms with van der Waals surface area (Å²) in [5, 5.41) is 2.71. The van der Waals surface area contributed by atoms with E-state index < -0.39 is 11.9 Å². The molecule has 0 saturated carbocycles. The van der Waals surface area contributed by atoms with Gasteiger partial charge in [-0.15, -0.1) is 0 Å². The molecule has 1 unspecified atom stereocenters. The summed E-state index contributed by atoms with van der Waals surface area (Å²) in [6.07, 6.45) is 0.194. The van der Waals surface area contributed by atoms with Crippen LogP contribution in [0.4, 0.5) is 4.39 Å². The molecule has 23 heavy (non-hydrogen) atoms. The van der Waals surface area contributed by atoms with Crippen molar-refractivity contribution >= 4 is 11.8 Å². The zero-order valence-electron chi connectivity index (χ0n) is 12.5.